The number of halogens is 1. The summed E-state index contributed by atoms with van der Waals surface area (Å²) >= 11 is 0. The van der Waals surface area contributed by atoms with Crippen LogP contribution in [0, 0.1) is 0 Å². The Labute approximate surface area is 145 Å². The number of rotatable bonds is 8. The van der Waals surface area contributed by atoms with Gasteiger partial charge in [0.15, 0.2) is 11.5 Å². The van der Waals surface area contributed by atoms with Crippen LogP contribution in [0.5, 0.6) is 11.5 Å². The van der Waals surface area contributed by atoms with E-state index in [0.29, 0.717) is 13.0 Å². The molecule has 0 saturated carbocycles. The molecule has 0 fully saturated rings. The van der Waals surface area contributed by atoms with Gasteiger partial charge in [0.2, 0.25) is 0 Å². The fourth-order valence-corrected chi connectivity index (χ4v) is 3.24. The molecule has 1 aliphatic heterocycles. The zero-order chi connectivity index (χ0) is 15.9. The van der Waals surface area contributed by atoms with Crippen LogP contribution in [-0.2, 0) is 11.2 Å². The summed E-state index contributed by atoms with van der Waals surface area (Å²) in [4.78, 5) is 0. The van der Waals surface area contributed by atoms with Gasteiger partial charge in [0.05, 0.1) is 12.2 Å². The SMILES string of the molecule is CCCCCCCCC1Cc2c(ccc(O)c2O)C(CN)O1.Cl. The second-order valence-corrected chi connectivity index (χ2v) is 6.24. The number of hydrogen-bond donors (Lipinski definition) is 3. The lowest BCUT2D eigenvalue weighted by molar-refractivity contribution is -0.0264. The standard InChI is InChI=1S/C18H29NO3.ClH/c1-2-3-4-5-6-7-8-13-11-15-14(17(12-19)22-13)9-10-16(20)18(15)21;/h9-10,13,17,20-21H,2-8,11-12,19H2,1H3;1H. The first-order chi connectivity index (χ1) is 10.7. The summed E-state index contributed by atoms with van der Waals surface area (Å²) in [6.07, 6.45) is 9.08. The van der Waals surface area contributed by atoms with Gasteiger partial charge < -0.3 is 20.7 Å². The highest BCUT2D eigenvalue weighted by Crippen LogP contribution is 2.40. The molecule has 0 radical (unpaired) electrons. The van der Waals surface area contributed by atoms with E-state index in [1.54, 1.807) is 0 Å². The van der Waals surface area contributed by atoms with Crippen molar-refractivity contribution in [2.24, 2.45) is 5.73 Å². The lowest BCUT2D eigenvalue weighted by Crippen LogP contribution is -2.30. The predicted molar refractivity (Wildman–Crippen MR) is 95.4 cm³/mol. The van der Waals surface area contributed by atoms with E-state index in [1.165, 1.54) is 38.2 Å². The number of hydrogen-bond acceptors (Lipinski definition) is 4. The van der Waals surface area contributed by atoms with Gasteiger partial charge in [0.25, 0.3) is 0 Å². The third-order valence-corrected chi connectivity index (χ3v) is 4.53. The number of unbranched alkanes of at least 4 members (excludes halogenated alkanes) is 5. The highest BCUT2D eigenvalue weighted by Gasteiger charge is 2.29. The van der Waals surface area contributed by atoms with Crippen molar-refractivity contribution in [1.29, 1.82) is 0 Å². The fourth-order valence-electron chi connectivity index (χ4n) is 3.24. The Balaban J connectivity index is 0.00000264. The van der Waals surface area contributed by atoms with E-state index in [9.17, 15) is 10.2 Å². The van der Waals surface area contributed by atoms with Gasteiger partial charge >= 0.3 is 0 Å². The van der Waals surface area contributed by atoms with Crippen molar-refractivity contribution in [2.45, 2.75) is 70.5 Å². The summed E-state index contributed by atoms with van der Waals surface area (Å²) in [5.41, 5.74) is 7.53. The van der Waals surface area contributed by atoms with Crippen molar-refractivity contribution >= 4 is 12.4 Å². The Kier molecular flexibility index (Phi) is 8.74. The van der Waals surface area contributed by atoms with E-state index in [2.05, 4.69) is 6.92 Å². The molecule has 0 bridgehead atoms. The first-order valence-electron chi connectivity index (χ1n) is 8.56. The summed E-state index contributed by atoms with van der Waals surface area (Å²) in [5, 5.41) is 19.8. The first-order valence-corrected chi connectivity index (χ1v) is 8.56. The van der Waals surface area contributed by atoms with Crippen LogP contribution in [0.25, 0.3) is 0 Å². The van der Waals surface area contributed by atoms with Crippen LogP contribution in [0.3, 0.4) is 0 Å². The second kappa shape index (κ2) is 10.0. The average molecular weight is 344 g/mol. The Morgan fingerprint density at radius 2 is 1.83 bits per heavy atom. The van der Waals surface area contributed by atoms with Crippen LogP contribution in [0.2, 0.25) is 0 Å². The molecular weight excluding hydrogens is 314 g/mol. The molecule has 1 aromatic carbocycles. The third-order valence-electron chi connectivity index (χ3n) is 4.53. The van der Waals surface area contributed by atoms with Crippen molar-refractivity contribution in [3.8, 4) is 11.5 Å². The van der Waals surface area contributed by atoms with E-state index in [-0.39, 0.29) is 36.1 Å². The molecule has 132 valence electrons. The quantitative estimate of drug-likeness (QED) is 0.488. The lowest BCUT2D eigenvalue weighted by atomic mass is 9.91. The molecule has 1 aromatic rings. The Hall–Kier alpha value is -0.970. The molecule has 0 amide bonds. The maximum absolute atomic E-state index is 10.1. The van der Waals surface area contributed by atoms with E-state index in [1.807, 2.05) is 6.07 Å². The van der Waals surface area contributed by atoms with Crippen molar-refractivity contribution < 1.29 is 14.9 Å². The number of ether oxygens (including phenoxy) is 1. The number of nitrogens with two attached hydrogens (primary N) is 1. The summed E-state index contributed by atoms with van der Waals surface area (Å²) < 4.78 is 6.07. The summed E-state index contributed by atoms with van der Waals surface area (Å²) in [5.74, 6) is -0.0677. The number of aromatic hydroxyl groups is 2. The van der Waals surface area contributed by atoms with E-state index in [0.717, 1.165) is 24.0 Å². The van der Waals surface area contributed by atoms with Crippen molar-refractivity contribution in [1.82, 2.24) is 0 Å². The highest BCUT2D eigenvalue weighted by molar-refractivity contribution is 5.85. The molecule has 0 aliphatic carbocycles. The minimum atomic E-state index is -0.180. The third kappa shape index (κ3) is 5.27. The predicted octanol–water partition coefficient (Wildman–Crippen LogP) is 4.21. The Morgan fingerprint density at radius 3 is 2.52 bits per heavy atom. The van der Waals surface area contributed by atoms with Gasteiger partial charge in [0.1, 0.15) is 0 Å². The van der Waals surface area contributed by atoms with E-state index >= 15 is 0 Å². The molecule has 4 nitrogen and oxygen atoms in total. The van der Waals surface area contributed by atoms with Crippen LogP contribution in [0.4, 0.5) is 0 Å². The Bertz CT molecular complexity index is 482. The van der Waals surface area contributed by atoms with Crippen LogP contribution in [-0.4, -0.2) is 22.9 Å². The second-order valence-electron chi connectivity index (χ2n) is 6.24. The molecule has 0 saturated heterocycles. The number of fused-ring (bicyclic) bond motifs is 1. The molecule has 4 N–H and O–H groups in total. The zero-order valence-electron chi connectivity index (χ0n) is 14.0. The number of benzene rings is 1. The first kappa shape index (κ1) is 20.1. The maximum Gasteiger partial charge on any atom is 0.161 e. The Morgan fingerprint density at radius 1 is 1.13 bits per heavy atom. The highest BCUT2D eigenvalue weighted by atomic mass is 35.5. The van der Waals surface area contributed by atoms with E-state index in [4.69, 9.17) is 10.5 Å². The number of phenols is 2. The van der Waals surface area contributed by atoms with Crippen LogP contribution in [0.15, 0.2) is 12.1 Å². The molecule has 0 aromatic heterocycles. The van der Waals surface area contributed by atoms with Gasteiger partial charge in [-0.3, -0.25) is 0 Å². The molecular formula is C18H30ClNO3. The zero-order valence-corrected chi connectivity index (χ0v) is 14.8. The van der Waals surface area contributed by atoms with Gasteiger partial charge in [0, 0.05) is 18.5 Å². The molecule has 2 unspecified atom stereocenters. The smallest absolute Gasteiger partial charge is 0.161 e. The topological polar surface area (TPSA) is 75.7 Å². The minimum absolute atomic E-state index is 0. The largest absolute Gasteiger partial charge is 0.504 e. The van der Waals surface area contributed by atoms with E-state index < -0.39 is 0 Å². The summed E-state index contributed by atoms with van der Waals surface area (Å²) in [6.45, 7) is 2.62. The van der Waals surface area contributed by atoms with Gasteiger partial charge in [-0.05, 0) is 18.1 Å². The molecule has 23 heavy (non-hydrogen) atoms. The van der Waals surface area contributed by atoms with Gasteiger partial charge in [-0.1, -0.05) is 51.5 Å². The van der Waals surface area contributed by atoms with Crippen molar-refractivity contribution in [3.63, 3.8) is 0 Å². The molecule has 1 heterocycles. The molecule has 2 atom stereocenters. The lowest BCUT2D eigenvalue weighted by Gasteiger charge is -2.32. The molecule has 0 spiro atoms. The van der Waals surface area contributed by atoms with Crippen molar-refractivity contribution in [3.05, 3.63) is 23.3 Å². The molecule has 5 heteroatoms. The van der Waals surface area contributed by atoms with Gasteiger partial charge in [-0.15, -0.1) is 12.4 Å². The normalized spacial score (nSPS) is 19.9. The van der Waals surface area contributed by atoms with Crippen LogP contribution < -0.4 is 5.73 Å². The minimum Gasteiger partial charge on any atom is -0.504 e. The van der Waals surface area contributed by atoms with Crippen LogP contribution in [0.1, 0.15) is 69.1 Å². The summed E-state index contributed by atoms with van der Waals surface area (Å²) in [6, 6.07) is 3.32. The maximum atomic E-state index is 10.1. The molecule has 2 rings (SSSR count). The number of phenolic OH excluding ortho intramolecular Hbond substituents is 2. The van der Waals surface area contributed by atoms with Crippen LogP contribution >= 0.6 is 12.4 Å². The summed E-state index contributed by atoms with van der Waals surface area (Å²) in [7, 11) is 0. The van der Waals surface area contributed by atoms with Gasteiger partial charge in [-0.25, -0.2) is 0 Å². The average Bonchev–Trinajstić information content (AvgIpc) is 2.54. The van der Waals surface area contributed by atoms with Crippen molar-refractivity contribution in [2.75, 3.05) is 6.54 Å². The molecule has 1 aliphatic rings. The monoisotopic (exact) mass is 343 g/mol. The fraction of sp³-hybridized carbons (Fsp3) is 0.667. The van der Waals surface area contributed by atoms with Gasteiger partial charge in [-0.2, -0.15) is 0 Å².